The number of nitrogens with one attached hydrogen (secondary N) is 1. The second-order valence-electron chi connectivity index (χ2n) is 7.56. The molecule has 0 aliphatic rings. The molecule has 2 rings (SSSR count). The van der Waals surface area contributed by atoms with Crippen molar-refractivity contribution in [2.24, 2.45) is 0 Å². The van der Waals surface area contributed by atoms with E-state index in [-0.39, 0.29) is 30.6 Å². The van der Waals surface area contributed by atoms with E-state index < -0.39 is 19.2 Å². The molecule has 0 bridgehead atoms. The molecule has 6 heteroatoms. The van der Waals surface area contributed by atoms with Crippen LogP contribution in [0.1, 0.15) is 75.9 Å². The van der Waals surface area contributed by atoms with Crippen LogP contribution in [0.5, 0.6) is 0 Å². The Hall–Kier alpha value is -1.68. The largest absolute Gasteiger partial charge is 0.367 e. The number of halogens is 1. The number of hydrogen-bond acceptors (Lipinski definition) is 4. The van der Waals surface area contributed by atoms with E-state index in [2.05, 4.69) is 33.0 Å². The molecule has 0 spiro atoms. The van der Waals surface area contributed by atoms with Gasteiger partial charge in [0.25, 0.3) is 0 Å². The van der Waals surface area contributed by atoms with Crippen LogP contribution < -0.4 is 5.32 Å². The molecule has 2 aromatic carbocycles. The monoisotopic (exact) mass is 421 g/mol. The lowest BCUT2D eigenvalue weighted by Gasteiger charge is -2.31. The van der Waals surface area contributed by atoms with E-state index in [4.69, 9.17) is 9.05 Å². The minimum absolute atomic E-state index is 0.201. The van der Waals surface area contributed by atoms with Crippen molar-refractivity contribution in [2.75, 3.05) is 18.5 Å². The number of anilines is 1. The molecule has 0 heterocycles. The molecule has 160 valence electrons. The third kappa shape index (κ3) is 5.48. The fraction of sp³-hybridized carbons (Fsp3) is 0.478. The van der Waals surface area contributed by atoms with Crippen LogP contribution in [-0.4, -0.2) is 13.2 Å². The zero-order chi connectivity index (χ0) is 21.6. The van der Waals surface area contributed by atoms with Crippen molar-refractivity contribution in [3.8, 4) is 0 Å². The molecular formula is C23H33FNO3P. The van der Waals surface area contributed by atoms with Crippen molar-refractivity contribution >= 4 is 13.3 Å². The summed E-state index contributed by atoms with van der Waals surface area (Å²) >= 11 is 0. The van der Waals surface area contributed by atoms with Gasteiger partial charge in [0.1, 0.15) is 5.82 Å². The van der Waals surface area contributed by atoms with Crippen LogP contribution in [0.3, 0.4) is 0 Å². The number of hydrogen-bond donors (Lipinski definition) is 1. The molecule has 0 fully saturated rings. The molecule has 0 saturated heterocycles. The highest BCUT2D eigenvalue weighted by Crippen LogP contribution is 2.61. The van der Waals surface area contributed by atoms with Gasteiger partial charge in [-0.05, 0) is 42.9 Å². The highest BCUT2D eigenvalue weighted by atomic mass is 31.2. The smallest absolute Gasteiger partial charge is 0.357 e. The van der Waals surface area contributed by atoms with Crippen LogP contribution in [-0.2, 0) is 13.6 Å². The van der Waals surface area contributed by atoms with E-state index >= 15 is 0 Å². The van der Waals surface area contributed by atoms with E-state index in [1.807, 2.05) is 18.2 Å². The molecule has 1 atom stereocenters. The minimum atomic E-state index is -3.70. The first-order valence-electron chi connectivity index (χ1n) is 10.3. The maximum absolute atomic E-state index is 14.8. The molecule has 0 aromatic heterocycles. The van der Waals surface area contributed by atoms with E-state index in [0.29, 0.717) is 0 Å². The molecule has 0 radical (unpaired) electrons. The summed E-state index contributed by atoms with van der Waals surface area (Å²) in [4.78, 5) is 0. The zero-order valence-electron chi connectivity index (χ0n) is 18.2. The lowest BCUT2D eigenvalue weighted by atomic mass is 9.92. The molecule has 1 unspecified atom stereocenters. The average Bonchev–Trinajstić information content (AvgIpc) is 2.66. The molecule has 0 aliphatic heterocycles. The van der Waals surface area contributed by atoms with Crippen LogP contribution in [0.15, 0.2) is 42.5 Å². The van der Waals surface area contributed by atoms with Crippen molar-refractivity contribution in [3.05, 3.63) is 65.0 Å². The van der Waals surface area contributed by atoms with Gasteiger partial charge in [-0.1, -0.05) is 64.1 Å². The Morgan fingerprint density at radius 3 is 1.79 bits per heavy atom. The fourth-order valence-corrected chi connectivity index (χ4v) is 5.35. The lowest BCUT2D eigenvalue weighted by molar-refractivity contribution is 0.213. The van der Waals surface area contributed by atoms with Gasteiger partial charge >= 0.3 is 7.60 Å². The highest BCUT2D eigenvalue weighted by Gasteiger charge is 2.39. The van der Waals surface area contributed by atoms with Crippen LogP contribution in [0, 0.1) is 5.82 Å². The molecular weight excluding hydrogens is 388 g/mol. The Balaban J connectivity index is 2.69. The van der Waals surface area contributed by atoms with Crippen molar-refractivity contribution in [1.29, 1.82) is 0 Å². The van der Waals surface area contributed by atoms with Gasteiger partial charge in [-0.15, -0.1) is 0 Å². The van der Waals surface area contributed by atoms with Crippen molar-refractivity contribution in [3.63, 3.8) is 0 Å². The fourth-order valence-electron chi connectivity index (χ4n) is 3.42. The van der Waals surface area contributed by atoms with Crippen LogP contribution in [0.25, 0.3) is 0 Å². The molecule has 29 heavy (non-hydrogen) atoms. The summed E-state index contributed by atoms with van der Waals surface area (Å²) in [6, 6.07) is 12.5. The summed E-state index contributed by atoms with van der Waals surface area (Å²) in [5.41, 5.74) is 3.30. The van der Waals surface area contributed by atoms with Gasteiger partial charge in [-0.2, -0.15) is 0 Å². The Kier molecular flexibility index (Phi) is 8.45. The first kappa shape index (κ1) is 23.6. The molecule has 0 aliphatic carbocycles. The topological polar surface area (TPSA) is 47.6 Å². The lowest BCUT2D eigenvalue weighted by Crippen LogP contribution is -2.19. The normalized spacial score (nSPS) is 13.1. The van der Waals surface area contributed by atoms with Gasteiger partial charge in [0.2, 0.25) is 0 Å². The van der Waals surface area contributed by atoms with Crippen LogP contribution in [0.4, 0.5) is 10.1 Å². The summed E-state index contributed by atoms with van der Waals surface area (Å²) in [7, 11) is -3.70. The van der Waals surface area contributed by atoms with Crippen LogP contribution >= 0.6 is 7.60 Å². The molecule has 0 saturated carbocycles. The van der Waals surface area contributed by atoms with Crippen molar-refractivity contribution in [1.82, 2.24) is 0 Å². The number of benzene rings is 2. The van der Waals surface area contributed by atoms with Gasteiger partial charge in [0.05, 0.1) is 13.2 Å². The number of rotatable bonds is 10. The van der Waals surface area contributed by atoms with E-state index in [1.165, 1.54) is 6.07 Å². The minimum Gasteiger partial charge on any atom is -0.367 e. The SMILES string of the molecule is CCOP(=O)(OCC)C(Nc1c(C(C)C)cccc1C(C)C)c1ccccc1F. The van der Waals surface area contributed by atoms with E-state index in [9.17, 15) is 8.96 Å². The zero-order valence-corrected chi connectivity index (χ0v) is 19.1. The van der Waals surface area contributed by atoms with Crippen molar-refractivity contribution in [2.45, 2.75) is 59.2 Å². The summed E-state index contributed by atoms with van der Waals surface area (Å²) in [6.45, 7) is 12.3. The summed E-state index contributed by atoms with van der Waals surface area (Å²) < 4.78 is 39.8. The van der Waals surface area contributed by atoms with Gasteiger partial charge in [0, 0.05) is 11.3 Å². The third-order valence-electron chi connectivity index (χ3n) is 4.79. The van der Waals surface area contributed by atoms with E-state index in [1.54, 1.807) is 32.0 Å². The van der Waals surface area contributed by atoms with Gasteiger partial charge in [-0.25, -0.2) is 4.39 Å². The maximum Gasteiger partial charge on any atom is 0.357 e. The van der Waals surface area contributed by atoms with Gasteiger partial charge in [0.15, 0.2) is 5.78 Å². The Morgan fingerprint density at radius 2 is 1.34 bits per heavy atom. The Bertz CT molecular complexity index is 818. The quantitative estimate of drug-likeness (QED) is 0.405. The first-order chi connectivity index (χ1) is 13.7. The average molecular weight is 421 g/mol. The number of para-hydroxylation sites is 1. The molecule has 1 N–H and O–H groups in total. The first-order valence-corrected chi connectivity index (χ1v) is 11.9. The Morgan fingerprint density at radius 1 is 0.862 bits per heavy atom. The third-order valence-corrected chi connectivity index (χ3v) is 7.06. The van der Waals surface area contributed by atoms with Gasteiger partial charge < -0.3 is 14.4 Å². The van der Waals surface area contributed by atoms with Crippen molar-refractivity contribution < 1.29 is 18.0 Å². The summed E-state index contributed by atoms with van der Waals surface area (Å²) in [6.07, 6.45) is 0. The predicted octanol–water partition coefficient (Wildman–Crippen LogP) is 7.45. The predicted molar refractivity (Wildman–Crippen MR) is 118 cm³/mol. The Labute approximate surface area is 174 Å². The standard InChI is InChI=1S/C23H33FNO3P/c1-7-27-29(26,28-8-2)23(20-12-9-10-15-21(20)24)25-22-18(16(3)4)13-11-14-19(22)17(5)6/h9-17,23,25H,7-8H2,1-6H3. The second-order valence-corrected chi connectivity index (χ2v) is 9.68. The molecule has 4 nitrogen and oxygen atoms in total. The molecule has 2 aromatic rings. The highest BCUT2D eigenvalue weighted by molar-refractivity contribution is 7.54. The second kappa shape index (κ2) is 10.4. The van der Waals surface area contributed by atoms with Gasteiger partial charge in [-0.3, -0.25) is 4.57 Å². The summed E-state index contributed by atoms with van der Waals surface area (Å²) in [5.74, 6) is -0.939. The van der Waals surface area contributed by atoms with Crippen LogP contribution in [0.2, 0.25) is 0 Å². The summed E-state index contributed by atoms with van der Waals surface area (Å²) in [5, 5.41) is 3.39. The van der Waals surface area contributed by atoms with E-state index in [0.717, 1.165) is 16.8 Å². The maximum atomic E-state index is 14.8. The molecule has 0 amide bonds.